The average molecular weight is 403 g/mol. The van der Waals surface area contributed by atoms with Crippen LogP contribution in [0.5, 0.6) is 0 Å². The first-order valence-electron chi connectivity index (χ1n) is 9.12. The average Bonchev–Trinajstić information content (AvgIpc) is 2.67. The fraction of sp³-hybridized carbons (Fsp3) is 0.286. The second kappa shape index (κ2) is 8.46. The summed E-state index contributed by atoms with van der Waals surface area (Å²) in [6.07, 6.45) is -3.51. The number of alkyl halides is 3. The van der Waals surface area contributed by atoms with Gasteiger partial charge in [-0.15, -0.1) is 0 Å². The minimum Gasteiger partial charge on any atom is -0.341 e. The molecular weight excluding hydrogens is 383 g/mol. The Hall–Kier alpha value is -3.16. The number of halogens is 3. The molecule has 2 aromatic carbocycles. The Morgan fingerprint density at radius 3 is 2.55 bits per heavy atom. The van der Waals surface area contributed by atoms with Crippen molar-refractivity contribution in [2.45, 2.75) is 32.0 Å². The number of nitrogens with one attached hydrogen (secondary N) is 1. The number of para-hydroxylation sites is 1. The normalized spacial score (nSPS) is 11.6. The Bertz CT molecular complexity index is 1080. The number of aromatic nitrogens is 2. The van der Waals surface area contributed by atoms with Gasteiger partial charge in [-0.2, -0.15) is 13.2 Å². The van der Waals surface area contributed by atoms with Crippen LogP contribution in [0.3, 0.4) is 0 Å². The van der Waals surface area contributed by atoms with Gasteiger partial charge in [0.25, 0.3) is 5.56 Å². The molecule has 0 bridgehead atoms. The number of amides is 1. The number of nitrogens with zero attached hydrogens (tertiary/aromatic N) is 2. The zero-order valence-electron chi connectivity index (χ0n) is 15.8. The monoisotopic (exact) mass is 403 g/mol. The van der Waals surface area contributed by atoms with Gasteiger partial charge in [0.1, 0.15) is 5.82 Å². The van der Waals surface area contributed by atoms with E-state index in [1.54, 1.807) is 24.3 Å². The zero-order valence-corrected chi connectivity index (χ0v) is 15.8. The van der Waals surface area contributed by atoms with E-state index in [1.807, 2.05) is 0 Å². The van der Waals surface area contributed by atoms with Crippen molar-refractivity contribution in [3.05, 3.63) is 75.8 Å². The van der Waals surface area contributed by atoms with Crippen LogP contribution >= 0.6 is 0 Å². The summed E-state index contributed by atoms with van der Waals surface area (Å²) in [4.78, 5) is 32.7. The van der Waals surface area contributed by atoms with Crippen LogP contribution in [0.1, 0.15) is 29.8 Å². The van der Waals surface area contributed by atoms with E-state index in [9.17, 15) is 22.8 Å². The van der Waals surface area contributed by atoms with Crippen molar-refractivity contribution in [1.82, 2.24) is 14.9 Å². The van der Waals surface area contributed by atoms with Crippen LogP contribution in [-0.4, -0.2) is 27.8 Å². The molecule has 3 rings (SSSR count). The topological polar surface area (TPSA) is 66.1 Å². The molecule has 0 fully saturated rings. The molecule has 1 aromatic heterocycles. The fourth-order valence-corrected chi connectivity index (χ4v) is 3.13. The third-order valence-corrected chi connectivity index (χ3v) is 4.62. The first-order valence-corrected chi connectivity index (χ1v) is 9.12. The Morgan fingerprint density at radius 1 is 1.10 bits per heavy atom. The van der Waals surface area contributed by atoms with E-state index < -0.39 is 11.7 Å². The Labute approximate surface area is 165 Å². The van der Waals surface area contributed by atoms with Gasteiger partial charge in [0, 0.05) is 26.4 Å². The molecule has 3 aromatic rings. The van der Waals surface area contributed by atoms with Gasteiger partial charge in [0.05, 0.1) is 16.5 Å². The van der Waals surface area contributed by atoms with Gasteiger partial charge in [-0.1, -0.05) is 30.3 Å². The quantitative estimate of drug-likeness (QED) is 0.678. The van der Waals surface area contributed by atoms with Gasteiger partial charge in [0.2, 0.25) is 5.91 Å². The van der Waals surface area contributed by atoms with E-state index >= 15 is 0 Å². The van der Waals surface area contributed by atoms with Crippen molar-refractivity contribution in [2.24, 2.45) is 0 Å². The van der Waals surface area contributed by atoms with E-state index in [1.165, 1.54) is 30.1 Å². The zero-order chi connectivity index (χ0) is 21.0. The van der Waals surface area contributed by atoms with E-state index in [4.69, 9.17) is 0 Å². The number of H-pyrrole nitrogens is 1. The van der Waals surface area contributed by atoms with Gasteiger partial charge in [-0.25, -0.2) is 4.98 Å². The highest BCUT2D eigenvalue weighted by Gasteiger charge is 2.33. The summed E-state index contributed by atoms with van der Waals surface area (Å²) in [7, 11) is 1.48. The van der Waals surface area contributed by atoms with E-state index in [-0.39, 0.29) is 30.0 Å². The highest BCUT2D eigenvalue weighted by molar-refractivity contribution is 5.77. The van der Waals surface area contributed by atoms with Gasteiger partial charge < -0.3 is 9.88 Å². The summed E-state index contributed by atoms with van der Waals surface area (Å²) in [5, 5.41) is 0.496. The lowest BCUT2D eigenvalue weighted by molar-refractivity contribution is -0.139. The Kier molecular flexibility index (Phi) is 6.00. The maximum Gasteiger partial charge on any atom is 0.416 e. The summed E-state index contributed by atoms with van der Waals surface area (Å²) in [5.41, 5.74) is -0.342. The Balaban J connectivity index is 1.60. The van der Waals surface area contributed by atoms with Crippen molar-refractivity contribution >= 4 is 16.8 Å². The fourth-order valence-electron chi connectivity index (χ4n) is 3.13. The molecule has 29 heavy (non-hydrogen) atoms. The maximum atomic E-state index is 13.1. The Morgan fingerprint density at radius 2 is 1.79 bits per heavy atom. The van der Waals surface area contributed by atoms with Crippen LogP contribution in [0.2, 0.25) is 0 Å². The van der Waals surface area contributed by atoms with Crippen LogP contribution < -0.4 is 5.56 Å². The third kappa shape index (κ3) is 5.01. The van der Waals surface area contributed by atoms with Gasteiger partial charge in [-0.3, -0.25) is 9.59 Å². The van der Waals surface area contributed by atoms with Crippen LogP contribution in [0.25, 0.3) is 10.9 Å². The van der Waals surface area contributed by atoms with Crippen LogP contribution in [0, 0.1) is 0 Å². The van der Waals surface area contributed by atoms with Crippen molar-refractivity contribution in [3.63, 3.8) is 0 Å². The second-order valence-corrected chi connectivity index (χ2v) is 6.79. The maximum absolute atomic E-state index is 13.1. The molecule has 0 saturated carbocycles. The van der Waals surface area contributed by atoms with Crippen LogP contribution in [-0.2, 0) is 23.9 Å². The lowest BCUT2D eigenvalue weighted by Gasteiger charge is -2.20. The highest BCUT2D eigenvalue weighted by Crippen LogP contribution is 2.32. The van der Waals surface area contributed by atoms with Crippen molar-refractivity contribution in [3.8, 4) is 0 Å². The number of hydrogen-bond donors (Lipinski definition) is 1. The molecule has 0 atom stereocenters. The molecule has 0 spiro atoms. The first-order chi connectivity index (χ1) is 13.8. The lowest BCUT2D eigenvalue weighted by atomic mass is 10.1. The predicted octanol–water partition coefficient (Wildman–Crippen LogP) is 3.92. The highest BCUT2D eigenvalue weighted by atomic mass is 19.4. The third-order valence-electron chi connectivity index (χ3n) is 4.62. The van der Waals surface area contributed by atoms with Crippen LogP contribution in [0.15, 0.2) is 53.3 Å². The molecule has 0 aliphatic carbocycles. The number of aryl methyl sites for hydroxylation is 1. The summed E-state index contributed by atoms with van der Waals surface area (Å²) >= 11 is 0. The number of fused-ring (bicyclic) bond motifs is 1. The number of aromatic amines is 1. The number of benzene rings is 2. The largest absolute Gasteiger partial charge is 0.416 e. The van der Waals surface area contributed by atoms with Crippen molar-refractivity contribution < 1.29 is 18.0 Å². The second-order valence-electron chi connectivity index (χ2n) is 6.79. The molecule has 8 heteroatoms. The molecule has 0 aliphatic rings. The number of rotatable bonds is 6. The van der Waals surface area contributed by atoms with E-state index in [0.717, 1.165) is 6.07 Å². The van der Waals surface area contributed by atoms with E-state index in [0.29, 0.717) is 29.6 Å². The molecule has 1 heterocycles. The minimum absolute atomic E-state index is 0.0522. The first kappa shape index (κ1) is 20.6. The van der Waals surface area contributed by atoms with Gasteiger partial charge >= 0.3 is 6.18 Å². The lowest BCUT2D eigenvalue weighted by Crippen LogP contribution is -2.27. The molecule has 1 amide bonds. The van der Waals surface area contributed by atoms with E-state index in [2.05, 4.69) is 9.97 Å². The molecule has 0 unspecified atom stereocenters. The smallest absolute Gasteiger partial charge is 0.341 e. The number of carbonyl (C=O) groups is 1. The molecular formula is C21H20F3N3O2. The molecule has 0 aliphatic heterocycles. The standard InChI is InChI=1S/C21H20F3N3O2/c1-27(13-14-7-2-4-9-16(14)21(22,23)24)19(28)12-6-11-18-25-17-10-5-3-8-15(17)20(29)26-18/h2-5,7-10H,6,11-13H2,1H3,(H,25,26,29). The molecule has 5 nitrogen and oxygen atoms in total. The molecule has 0 saturated heterocycles. The SMILES string of the molecule is CN(Cc1ccccc1C(F)(F)F)C(=O)CCCc1nc2ccccc2c(=O)[nH]1. The summed E-state index contributed by atoms with van der Waals surface area (Å²) in [6.45, 7) is -0.125. The van der Waals surface area contributed by atoms with Crippen molar-refractivity contribution in [1.29, 1.82) is 0 Å². The molecule has 1 N–H and O–H groups in total. The molecule has 152 valence electrons. The summed E-state index contributed by atoms with van der Waals surface area (Å²) < 4.78 is 39.3. The molecule has 0 radical (unpaired) electrons. The predicted molar refractivity (Wildman–Crippen MR) is 103 cm³/mol. The van der Waals surface area contributed by atoms with Gasteiger partial charge in [0.15, 0.2) is 0 Å². The minimum atomic E-state index is -4.46. The number of hydrogen-bond acceptors (Lipinski definition) is 3. The van der Waals surface area contributed by atoms with Crippen LogP contribution in [0.4, 0.5) is 13.2 Å². The summed E-state index contributed by atoms with van der Waals surface area (Å²) in [6, 6.07) is 12.2. The summed E-state index contributed by atoms with van der Waals surface area (Å²) in [5.74, 6) is 0.205. The van der Waals surface area contributed by atoms with Gasteiger partial charge in [-0.05, 0) is 30.2 Å². The number of carbonyl (C=O) groups excluding carboxylic acids is 1. The van der Waals surface area contributed by atoms with Crippen molar-refractivity contribution in [2.75, 3.05) is 7.05 Å².